The Hall–Kier alpha value is -1.18. The minimum Gasteiger partial charge on any atom is -0.373 e. The van der Waals surface area contributed by atoms with Crippen molar-refractivity contribution in [3.63, 3.8) is 0 Å². The molecule has 0 spiro atoms. The van der Waals surface area contributed by atoms with E-state index in [-0.39, 0.29) is 66.8 Å². The van der Waals surface area contributed by atoms with E-state index in [9.17, 15) is 14.4 Å². The number of nitrogens with two attached hydrogens (primary N) is 1. The molecule has 2 N–H and O–H groups in total. The van der Waals surface area contributed by atoms with Crippen LogP contribution < -0.4 is 5.73 Å². The van der Waals surface area contributed by atoms with Crippen molar-refractivity contribution in [2.75, 3.05) is 19.6 Å². The maximum atomic E-state index is 12.5. The number of ether oxygens (including phenoxy) is 1. The molecule has 8 heteroatoms. The van der Waals surface area contributed by atoms with Gasteiger partial charge < -0.3 is 15.4 Å². The fraction of sp³-hybridized carbons (Fsp3) is 0.800. The van der Waals surface area contributed by atoms with E-state index in [0.29, 0.717) is 13.1 Å². The van der Waals surface area contributed by atoms with E-state index in [0.717, 1.165) is 30.6 Å². The Morgan fingerprint density at radius 1 is 1.13 bits per heavy atom. The van der Waals surface area contributed by atoms with Crippen LogP contribution >= 0.6 is 12.4 Å². The van der Waals surface area contributed by atoms with Crippen LogP contribution in [0.3, 0.4) is 0 Å². The summed E-state index contributed by atoms with van der Waals surface area (Å²) in [7, 11) is 0. The zero-order chi connectivity index (χ0) is 15.4. The van der Waals surface area contributed by atoms with Crippen molar-refractivity contribution < 1.29 is 19.1 Å². The topological polar surface area (TPSA) is 92.9 Å². The van der Waals surface area contributed by atoms with Crippen LogP contribution in [0, 0.1) is 11.8 Å². The lowest BCUT2D eigenvalue weighted by atomic mass is 9.81. The molecule has 0 aromatic carbocycles. The predicted octanol–water partition coefficient (Wildman–Crippen LogP) is -0.480. The molecule has 4 rings (SSSR count). The summed E-state index contributed by atoms with van der Waals surface area (Å²) in [6.07, 6.45) is 3.25. The van der Waals surface area contributed by atoms with Gasteiger partial charge in [-0.2, -0.15) is 0 Å². The van der Waals surface area contributed by atoms with E-state index in [4.69, 9.17) is 10.5 Å². The largest absolute Gasteiger partial charge is 0.373 e. The first-order valence-electron chi connectivity index (χ1n) is 8.12. The number of nitrogens with zero attached hydrogens (tertiary/aromatic N) is 2. The van der Waals surface area contributed by atoms with E-state index >= 15 is 0 Å². The van der Waals surface area contributed by atoms with Gasteiger partial charge in [-0.05, 0) is 25.7 Å². The van der Waals surface area contributed by atoms with Gasteiger partial charge in [0, 0.05) is 19.1 Å². The number of amides is 3. The van der Waals surface area contributed by atoms with Gasteiger partial charge in [0.2, 0.25) is 17.7 Å². The molecule has 4 saturated heterocycles. The number of imide groups is 1. The standard InChI is InChI=1S/C15H21N3O4.ClH/c16-6-8-2-1-5-17(8)11(19)7-18-14(20)12-9-3-4-10(22-9)13(12)15(18)21;/h8-10,12-13H,1-7,16H2;1H. The monoisotopic (exact) mass is 343 g/mol. The Kier molecular flexibility index (Phi) is 4.37. The lowest BCUT2D eigenvalue weighted by Gasteiger charge is -2.26. The average molecular weight is 344 g/mol. The van der Waals surface area contributed by atoms with Gasteiger partial charge in [0.1, 0.15) is 6.54 Å². The Labute approximate surface area is 140 Å². The number of hydrogen-bond donors (Lipinski definition) is 1. The van der Waals surface area contributed by atoms with E-state index in [1.807, 2.05) is 0 Å². The molecule has 4 heterocycles. The van der Waals surface area contributed by atoms with Crippen molar-refractivity contribution in [1.29, 1.82) is 0 Å². The summed E-state index contributed by atoms with van der Waals surface area (Å²) in [5, 5.41) is 0. The van der Waals surface area contributed by atoms with E-state index in [1.165, 1.54) is 0 Å². The van der Waals surface area contributed by atoms with Gasteiger partial charge in [-0.25, -0.2) is 0 Å². The number of rotatable bonds is 3. The molecule has 4 aliphatic rings. The van der Waals surface area contributed by atoms with Gasteiger partial charge in [-0.3, -0.25) is 19.3 Å². The number of hydrogen-bond acceptors (Lipinski definition) is 5. The zero-order valence-corrected chi connectivity index (χ0v) is 13.7. The second-order valence-electron chi connectivity index (χ2n) is 6.72. The number of likely N-dealkylation sites (tertiary alicyclic amines) is 2. The number of halogens is 1. The van der Waals surface area contributed by atoms with E-state index < -0.39 is 0 Å². The molecule has 0 aromatic heterocycles. The molecule has 5 atom stereocenters. The molecule has 0 radical (unpaired) electrons. The van der Waals surface area contributed by atoms with Gasteiger partial charge in [-0.1, -0.05) is 0 Å². The highest BCUT2D eigenvalue weighted by Crippen LogP contribution is 2.48. The van der Waals surface area contributed by atoms with Crippen molar-refractivity contribution in [2.45, 2.75) is 43.9 Å². The Bertz CT molecular complexity index is 515. The smallest absolute Gasteiger partial charge is 0.243 e. The summed E-state index contributed by atoms with van der Waals surface area (Å²) in [5.41, 5.74) is 5.69. The van der Waals surface area contributed by atoms with Crippen LogP contribution in [-0.4, -0.2) is 65.4 Å². The predicted molar refractivity (Wildman–Crippen MR) is 82.6 cm³/mol. The molecule has 128 valence electrons. The molecule has 0 aliphatic carbocycles. The van der Waals surface area contributed by atoms with Crippen molar-refractivity contribution >= 4 is 30.1 Å². The summed E-state index contributed by atoms with van der Waals surface area (Å²) < 4.78 is 5.69. The van der Waals surface area contributed by atoms with Crippen LogP contribution in [0.2, 0.25) is 0 Å². The minimum atomic E-state index is -0.358. The highest BCUT2D eigenvalue weighted by Gasteiger charge is 2.62. The third-order valence-electron chi connectivity index (χ3n) is 5.64. The van der Waals surface area contributed by atoms with Crippen molar-refractivity contribution in [1.82, 2.24) is 9.80 Å². The fourth-order valence-corrected chi connectivity index (χ4v) is 4.56. The van der Waals surface area contributed by atoms with Gasteiger partial charge >= 0.3 is 0 Å². The summed E-state index contributed by atoms with van der Waals surface area (Å²) in [6, 6.07) is 0.0410. The Balaban J connectivity index is 0.00000156. The molecule has 4 fully saturated rings. The van der Waals surface area contributed by atoms with Crippen molar-refractivity contribution in [2.24, 2.45) is 17.6 Å². The number of fused-ring (bicyclic) bond motifs is 5. The van der Waals surface area contributed by atoms with Crippen LogP contribution in [0.1, 0.15) is 25.7 Å². The number of carbonyl (C=O) groups is 3. The van der Waals surface area contributed by atoms with Crippen molar-refractivity contribution in [3.8, 4) is 0 Å². The second kappa shape index (κ2) is 6.03. The summed E-state index contributed by atoms with van der Waals surface area (Å²) in [5.74, 6) is -1.33. The highest BCUT2D eigenvalue weighted by atomic mass is 35.5. The van der Waals surface area contributed by atoms with Crippen LogP contribution in [-0.2, 0) is 19.1 Å². The summed E-state index contributed by atoms with van der Waals surface area (Å²) >= 11 is 0. The van der Waals surface area contributed by atoms with E-state index in [1.54, 1.807) is 4.90 Å². The molecular weight excluding hydrogens is 322 g/mol. The summed E-state index contributed by atoms with van der Waals surface area (Å²) in [4.78, 5) is 40.4. The molecule has 0 saturated carbocycles. The van der Waals surface area contributed by atoms with Crippen LogP contribution in [0.5, 0.6) is 0 Å². The molecule has 3 amide bonds. The maximum absolute atomic E-state index is 12.5. The van der Waals surface area contributed by atoms with Gasteiger partial charge in [0.15, 0.2) is 0 Å². The van der Waals surface area contributed by atoms with Gasteiger partial charge in [-0.15, -0.1) is 12.4 Å². The van der Waals surface area contributed by atoms with E-state index in [2.05, 4.69) is 0 Å². The Morgan fingerprint density at radius 3 is 2.30 bits per heavy atom. The van der Waals surface area contributed by atoms with Crippen LogP contribution in [0.25, 0.3) is 0 Å². The second-order valence-corrected chi connectivity index (χ2v) is 6.72. The molecule has 7 nitrogen and oxygen atoms in total. The van der Waals surface area contributed by atoms with Crippen LogP contribution in [0.15, 0.2) is 0 Å². The van der Waals surface area contributed by atoms with Gasteiger partial charge in [0.05, 0.1) is 24.0 Å². The molecule has 23 heavy (non-hydrogen) atoms. The molecule has 0 aromatic rings. The molecular formula is C15H22ClN3O4. The first-order chi connectivity index (χ1) is 10.6. The molecule has 5 unspecified atom stereocenters. The van der Waals surface area contributed by atoms with Crippen LogP contribution in [0.4, 0.5) is 0 Å². The first kappa shape index (κ1) is 16.7. The molecule has 4 aliphatic heterocycles. The third-order valence-corrected chi connectivity index (χ3v) is 5.64. The zero-order valence-electron chi connectivity index (χ0n) is 12.8. The average Bonchev–Trinajstić information content (AvgIpc) is 3.26. The van der Waals surface area contributed by atoms with Gasteiger partial charge in [0.25, 0.3) is 0 Å². The fourth-order valence-electron chi connectivity index (χ4n) is 4.56. The normalized spacial score (nSPS) is 38.2. The maximum Gasteiger partial charge on any atom is 0.243 e. The highest BCUT2D eigenvalue weighted by molar-refractivity contribution is 6.08. The first-order valence-corrected chi connectivity index (χ1v) is 8.12. The lowest BCUT2D eigenvalue weighted by molar-refractivity contribution is -0.148. The Morgan fingerprint density at radius 2 is 1.74 bits per heavy atom. The lowest BCUT2D eigenvalue weighted by Crippen LogP contribution is -2.47. The molecule has 2 bridgehead atoms. The quantitative estimate of drug-likeness (QED) is 0.699. The number of carbonyl (C=O) groups excluding carboxylic acids is 3. The summed E-state index contributed by atoms with van der Waals surface area (Å²) in [6.45, 7) is 0.954. The minimum absolute atomic E-state index is 0. The SMILES string of the molecule is Cl.NCC1CCCN1C(=O)CN1C(=O)C2C3CCC(O3)C2C1=O. The van der Waals surface area contributed by atoms with Crippen molar-refractivity contribution in [3.05, 3.63) is 0 Å². The third kappa shape index (κ3) is 2.37.